The van der Waals surface area contributed by atoms with Crippen molar-refractivity contribution in [3.05, 3.63) is 83.9 Å². The van der Waals surface area contributed by atoms with Crippen LogP contribution in [-0.2, 0) is 6.54 Å². The summed E-state index contributed by atoms with van der Waals surface area (Å²) in [4.78, 5) is 14.8. The molecule has 3 aromatic carbocycles. The molecule has 0 fully saturated rings. The largest absolute Gasteiger partial charge is 0.302 e. The van der Waals surface area contributed by atoms with Crippen molar-refractivity contribution in [3.8, 4) is 0 Å². The molecule has 0 radical (unpaired) electrons. The standard InChI is InChI=1S/C21H21NO/c1-22(16-17-8-3-2-4-9-17)15-14-21(23)20-13-7-11-18-10-5-6-12-19(18)20/h2-13H,14-16H2,1H3. The Morgan fingerprint density at radius 1 is 0.870 bits per heavy atom. The van der Waals surface area contributed by atoms with Crippen LogP contribution in [0.3, 0.4) is 0 Å². The summed E-state index contributed by atoms with van der Waals surface area (Å²) in [5.74, 6) is 0.210. The average Bonchev–Trinajstić information content (AvgIpc) is 2.60. The molecule has 2 nitrogen and oxygen atoms in total. The molecule has 0 N–H and O–H groups in total. The van der Waals surface area contributed by atoms with Crippen LogP contribution >= 0.6 is 0 Å². The number of hydrogen-bond donors (Lipinski definition) is 0. The third kappa shape index (κ3) is 3.85. The lowest BCUT2D eigenvalue weighted by molar-refractivity contribution is 0.0969. The fourth-order valence-corrected chi connectivity index (χ4v) is 2.87. The minimum atomic E-state index is 0.210. The molecule has 0 bridgehead atoms. The normalized spacial score (nSPS) is 11.0. The summed E-state index contributed by atoms with van der Waals surface area (Å²) >= 11 is 0. The van der Waals surface area contributed by atoms with E-state index in [0.29, 0.717) is 6.42 Å². The monoisotopic (exact) mass is 303 g/mol. The molecule has 0 atom stereocenters. The first-order valence-corrected chi connectivity index (χ1v) is 7.97. The van der Waals surface area contributed by atoms with Gasteiger partial charge in [0.2, 0.25) is 0 Å². The van der Waals surface area contributed by atoms with Crippen LogP contribution in [0, 0.1) is 0 Å². The lowest BCUT2D eigenvalue weighted by Gasteiger charge is -2.16. The van der Waals surface area contributed by atoms with Crippen molar-refractivity contribution in [2.75, 3.05) is 13.6 Å². The molecule has 3 aromatic rings. The van der Waals surface area contributed by atoms with Crippen molar-refractivity contribution < 1.29 is 4.79 Å². The van der Waals surface area contributed by atoms with Crippen molar-refractivity contribution >= 4 is 16.6 Å². The molecule has 23 heavy (non-hydrogen) atoms. The van der Waals surface area contributed by atoms with Crippen molar-refractivity contribution in [2.45, 2.75) is 13.0 Å². The zero-order valence-corrected chi connectivity index (χ0v) is 13.4. The molecule has 0 unspecified atom stereocenters. The van der Waals surface area contributed by atoms with Crippen LogP contribution in [0.25, 0.3) is 10.8 Å². The van der Waals surface area contributed by atoms with E-state index in [2.05, 4.69) is 24.1 Å². The fraction of sp³-hybridized carbons (Fsp3) is 0.190. The highest BCUT2D eigenvalue weighted by molar-refractivity contribution is 6.08. The van der Waals surface area contributed by atoms with Gasteiger partial charge in [0, 0.05) is 25.1 Å². The SMILES string of the molecule is CN(CCC(=O)c1cccc2ccccc12)Cc1ccccc1. The van der Waals surface area contributed by atoms with Crippen molar-refractivity contribution in [2.24, 2.45) is 0 Å². The van der Waals surface area contributed by atoms with Gasteiger partial charge in [0.25, 0.3) is 0 Å². The summed E-state index contributed by atoms with van der Waals surface area (Å²) in [6, 6.07) is 24.3. The Balaban J connectivity index is 1.65. The van der Waals surface area contributed by atoms with E-state index in [0.717, 1.165) is 29.4 Å². The lowest BCUT2D eigenvalue weighted by atomic mass is 10.00. The molecule has 0 aliphatic heterocycles. The first kappa shape index (κ1) is 15.4. The van der Waals surface area contributed by atoms with Crippen LogP contribution in [0.5, 0.6) is 0 Å². The lowest BCUT2D eigenvalue weighted by Crippen LogP contribution is -2.21. The third-order valence-electron chi connectivity index (χ3n) is 4.11. The first-order chi connectivity index (χ1) is 11.2. The summed E-state index contributed by atoms with van der Waals surface area (Å²) in [6.45, 7) is 1.63. The molecule has 2 heteroatoms. The molecule has 0 amide bonds. The number of ketones is 1. The van der Waals surface area contributed by atoms with E-state index in [4.69, 9.17) is 0 Å². The van der Waals surface area contributed by atoms with E-state index >= 15 is 0 Å². The summed E-state index contributed by atoms with van der Waals surface area (Å²) in [6.07, 6.45) is 0.539. The summed E-state index contributed by atoms with van der Waals surface area (Å²) in [7, 11) is 2.06. The van der Waals surface area contributed by atoms with Crippen LogP contribution in [0.2, 0.25) is 0 Å². The van der Waals surface area contributed by atoms with Crippen LogP contribution in [0.15, 0.2) is 72.8 Å². The second-order valence-corrected chi connectivity index (χ2v) is 5.92. The maximum atomic E-state index is 12.6. The quantitative estimate of drug-likeness (QED) is 0.623. The molecular formula is C21H21NO. The first-order valence-electron chi connectivity index (χ1n) is 7.97. The molecule has 0 aliphatic carbocycles. The van der Waals surface area contributed by atoms with E-state index in [-0.39, 0.29) is 5.78 Å². The van der Waals surface area contributed by atoms with Gasteiger partial charge in [-0.1, -0.05) is 72.8 Å². The Kier molecular flexibility index (Phi) is 4.84. The van der Waals surface area contributed by atoms with Crippen LogP contribution in [0.1, 0.15) is 22.3 Å². The molecule has 0 spiro atoms. The van der Waals surface area contributed by atoms with Gasteiger partial charge >= 0.3 is 0 Å². The van der Waals surface area contributed by atoms with Gasteiger partial charge in [0.05, 0.1) is 0 Å². The minimum Gasteiger partial charge on any atom is -0.302 e. The van der Waals surface area contributed by atoms with E-state index in [1.54, 1.807) is 0 Å². The molecule has 0 aromatic heterocycles. The predicted octanol–water partition coefficient (Wildman–Crippen LogP) is 4.54. The van der Waals surface area contributed by atoms with E-state index in [1.807, 2.05) is 60.7 Å². The number of benzene rings is 3. The highest BCUT2D eigenvalue weighted by Gasteiger charge is 2.11. The predicted molar refractivity (Wildman–Crippen MR) is 95.7 cm³/mol. The molecule has 0 saturated heterocycles. The van der Waals surface area contributed by atoms with Gasteiger partial charge in [-0.15, -0.1) is 0 Å². The molecular weight excluding hydrogens is 282 g/mol. The fourth-order valence-electron chi connectivity index (χ4n) is 2.87. The van der Waals surface area contributed by atoms with Gasteiger partial charge in [-0.05, 0) is 23.4 Å². The maximum absolute atomic E-state index is 12.6. The highest BCUT2D eigenvalue weighted by atomic mass is 16.1. The van der Waals surface area contributed by atoms with Crippen LogP contribution < -0.4 is 0 Å². The second kappa shape index (κ2) is 7.21. The Morgan fingerprint density at radius 2 is 1.57 bits per heavy atom. The molecule has 3 rings (SSSR count). The summed E-state index contributed by atoms with van der Waals surface area (Å²) in [5.41, 5.74) is 2.10. The summed E-state index contributed by atoms with van der Waals surface area (Å²) in [5, 5.41) is 2.17. The van der Waals surface area contributed by atoms with E-state index in [9.17, 15) is 4.79 Å². The summed E-state index contributed by atoms with van der Waals surface area (Å²) < 4.78 is 0. The van der Waals surface area contributed by atoms with Crippen molar-refractivity contribution in [1.82, 2.24) is 4.90 Å². The Bertz CT molecular complexity index is 790. The van der Waals surface area contributed by atoms with Crippen molar-refractivity contribution in [1.29, 1.82) is 0 Å². The number of Topliss-reactive ketones (excluding diaryl/α,β-unsaturated/α-hetero) is 1. The Morgan fingerprint density at radius 3 is 2.39 bits per heavy atom. The number of hydrogen-bond acceptors (Lipinski definition) is 2. The number of carbonyl (C=O) groups is 1. The smallest absolute Gasteiger partial charge is 0.164 e. The molecule has 0 aliphatic rings. The minimum absolute atomic E-state index is 0.210. The average molecular weight is 303 g/mol. The van der Waals surface area contributed by atoms with Gasteiger partial charge in [-0.25, -0.2) is 0 Å². The van der Waals surface area contributed by atoms with Gasteiger partial charge in [-0.2, -0.15) is 0 Å². The van der Waals surface area contributed by atoms with Crippen molar-refractivity contribution in [3.63, 3.8) is 0 Å². The topological polar surface area (TPSA) is 20.3 Å². The molecule has 116 valence electrons. The van der Waals surface area contributed by atoms with E-state index in [1.165, 1.54) is 5.56 Å². The van der Waals surface area contributed by atoms with Gasteiger partial charge in [0.15, 0.2) is 5.78 Å². The highest BCUT2D eigenvalue weighted by Crippen LogP contribution is 2.20. The second-order valence-electron chi connectivity index (χ2n) is 5.92. The Labute approximate surface area is 137 Å². The van der Waals surface area contributed by atoms with E-state index < -0.39 is 0 Å². The number of fused-ring (bicyclic) bond motifs is 1. The number of rotatable bonds is 6. The molecule has 0 saturated carbocycles. The van der Waals surface area contributed by atoms with Gasteiger partial charge in [-0.3, -0.25) is 4.79 Å². The third-order valence-corrected chi connectivity index (χ3v) is 4.11. The number of carbonyl (C=O) groups excluding carboxylic acids is 1. The zero-order chi connectivity index (χ0) is 16.1. The van der Waals surface area contributed by atoms with Crippen LogP contribution in [-0.4, -0.2) is 24.3 Å². The Hall–Kier alpha value is -2.45. The maximum Gasteiger partial charge on any atom is 0.164 e. The zero-order valence-electron chi connectivity index (χ0n) is 13.4. The van der Waals surface area contributed by atoms with Crippen LogP contribution in [0.4, 0.5) is 0 Å². The van der Waals surface area contributed by atoms with Gasteiger partial charge < -0.3 is 4.90 Å². The molecule has 0 heterocycles. The van der Waals surface area contributed by atoms with Gasteiger partial charge in [0.1, 0.15) is 0 Å². The number of nitrogens with zero attached hydrogens (tertiary/aromatic N) is 1.